The van der Waals surface area contributed by atoms with Gasteiger partial charge in [-0.2, -0.15) is 0 Å². The van der Waals surface area contributed by atoms with Crippen molar-refractivity contribution in [3.05, 3.63) is 23.8 Å². The van der Waals surface area contributed by atoms with Crippen LogP contribution in [0.15, 0.2) is 18.2 Å². The van der Waals surface area contributed by atoms with E-state index in [-0.39, 0.29) is 0 Å². The Morgan fingerprint density at radius 2 is 2.21 bits per heavy atom. The molecule has 76 valence electrons. The number of hydrogen-bond donors (Lipinski definition) is 1. The Hall–Kier alpha value is -1.18. The molecule has 1 aromatic carbocycles. The summed E-state index contributed by atoms with van der Waals surface area (Å²) < 4.78 is 5.62. The van der Waals surface area contributed by atoms with E-state index >= 15 is 0 Å². The molecule has 0 spiro atoms. The van der Waals surface area contributed by atoms with E-state index in [0.717, 1.165) is 30.3 Å². The normalized spacial score (nSPS) is 15.5. The number of aryl methyl sites for hydroxylation is 1. The predicted molar refractivity (Wildman–Crippen MR) is 55.7 cm³/mol. The standard InChI is InChI=1S/C12H16O2/c1-2-10-7-11(5-6-12(10)13)14-8-9-3-4-9/h5-7,9,13H,2-4,8H2,1H3. The lowest BCUT2D eigenvalue weighted by atomic mass is 10.1. The van der Waals surface area contributed by atoms with Crippen molar-refractivity contribution in [1.82, 2.24) is 0 Å². The van der Waals surface area contributed by atoms with E-state index in [1.54, 1.807) is 6.07 Å². The molecule has 0 aliphatic heterocycles. The second-order valence-corrected chi connectivity index (χ2v) is 3.90. The highest BCUT2D eigenvalue weighted by Crippen LogP contribution is 2.30. The molecule has 0 aromatic heterocycles. The molecule has 1 fully saturated rings. The first kappa shape index (κ1) is 9.38. The van der Waals surface area contributed by atoms with E-state index < -0.39 is 0 Å². The molecule has 1 aliphatic rings. The zero-order valence-electron chi connectivity index (χ0n) is 8.49. The van der Waals surface area contributed by atoms with Gasteiger partial charge in [-0.3, -0.25) is 0 Å². The molecule has 1 saturated carbocycles. The van der Waals surface area contributed by atoms with Gasteiger partial charge in [0.25, 0.3) is 0 Å². The van der Waals surface area contributed by atoms with Crippen LogP contribution in [0, 0.1) is 5.92 Å². The number of phenolic OH excluding ortho intramolecular Hbond substituents is 1. The van der Waals surface area contributed by atoms with Crippen LogP contribution in [0.2, 0.25) is 0 Å². The van der Waals surface area contributed by atoms with Crippen LogP contribution in [0.1, 0.15) is 25.3 Å². The van der Waals surface area contributed by atoms with Crippen molar-refractivity contribution in [2.45, 2.75) is 26.2 Å². The average Bonchev–Trinajstić information content (AvgIpc) is 3.00. The van der Waals surface area contributed by atoms with Crippen LogP contribution in [0.3, 0.4) is 0 Å². The van der Waals surface area contributed by atoms with Crippen molar-refractivity contribution in [3.63, 3.8) is 0 Å². The van der Waals surface area contributed by atoms with Gasteiger partial charge < -0.3 is 9.84 Å². The number of phenols is 1. The molecular formula is C12H16O2. The lowest BCUT2D eigenvalue weighted by molar-refractivity contribution is 0.299. The summed E-state index contributed by atoms with van der Waals surface area (Å²) in [6, 6.07) is 5.47. The first-order valence-corrected chi connectivity index (χ1v) is 5.24. The quantitative estimate of drug-likeness (QED) is 0.794. The van der Waals surface area contributed by atoms with Gasteiger partial charge in [-0.1, -0.05) is 6.92 Å². The molecule has 14 heavy (non-hydrogen) atoms. The molecule has 1 aliphatic carbocycles. The van der Waals surface area contributed by atoms with E-state index in [1.807, 2.05) is 19.1 Å². The molecule has 2 heteroatoms. The third-order valence-electron chi connectivity index (χ3n) is 2.61. The van der Waals surface area contributed by atoms with Crippen molar-refractivity contribution in [2.24, 2.45) is 5.92 Å². The van der Waals surface area contributed by atoms with Crippen LogP contribution in [-0.2, 0) is 6.42 Å². The first-order valence-electron chi connectivity index (χ1n) is 5.24. The van der Waals surface area contributed by atoms with Crippen LogP contribution in [0.5, 0.6) is 11.5 Å². The highest BCUT2D eigenvalue weighted by atomic mass is 16.5. The molecule has 0 heterocycles. The maximum atomic E-state index is 9.47. The van der Waals surface area contributed by atoms with Crippen molar-refractivity contribution < 1.29 is 9.84 Å². The molecule has 0 bridgehead atoms. The summed E-state index contributed by atoms with van der Waals surface area (Å²) in [7, 11) is 0. The lowest BCUT2D eigenvalue weighted by Crippen LogP contribution is -1.99. The number of aromatic hydroxyl groups is 1. The third kappa shape index (κ3) is 2.19. The van der Waals surface area contributed by atoms with Crippen molar-refractivity contribution >= 4 is 0 Å². The number of ether oxygens (including phenoxy) is 1. The Bertz CT molecular complexity index is 316. The van der Waals surface area contributed by atoms with Gasteiger partial charge in [-0.05, 0) is 48.9 Å². The fourth-order valence-corrected chi connectivity index (χ4v) is 1.43. The minimum Gasteiger partial charge on any atom is -0.508 e. The Kier molecular flexibility index (Phi) is 2.62. The molecule has 0 unspecified atom stereocenters. The van der Waals surface area contributed by atoms with Gasteiger partial charge in [-0.15, -0.1) is 0 Å². The monoisotopic (exact) mass is 192 g/mol. The molecule has 2 rings (SSSR count). The summed E-state index contributed by atoms with van der Waals surface area (Å²) in [4.78, 5) is 0. The Morgan fingerprint density at radius 1 is 1.43 bits per heavy atom. The summed E-state index contributed by atoms with van der Waals surface area (Å²) in [6.45, 7) is 2.85. The molecule has 0 radical (unpaired) electrons. The molecule has 1 aromatic rings. The van der Waals surface area contributed by atoms with Crippen molar-refractivity contribution in [2.75, 3.05) is 6.61 Å². The van der Waals surface area contributed by atoms with E-state index in [1.165, 1.54) is 12.8 Å². The second kappa shape index (κ2) is 3.91. The molecule has 1 N–H and O–H groups in total. The van der Waals surface area contributed by atoms with Gasteiger partial charge in [0.15, 0.2) is 0 Å². The zero-order chi connectivity index (χ0) is 9.97. The third-order valence-corrected chi connectivity index (χ3v) is 2.61. The molecule has 0 atom stereocenters. The highest BCUT2D eigenvalue weighted by Gasteiger charge is 2.21. The zero-order valence-corrected chi connectivity index (χ0v) is 8.49. The number of hydrogen-bond acceptors (Lipinski definition) is 2. The largest absolute Gasteiger partial charge is 0.508 e. The SMILES string of the molecule is CCc1cc(OCC2CC2)ccc1O. The number of rotatable bonds is 4. The maximum absolute atomic E-state index is 9.47. The molecule has 2 nitrogen and oxygen atoms in total. The minimum atomic E-state index is 0.367. The van der Waals surface area contributed by atoms with Crippen LogP contribution in [-0.4, -0.2) is 11.7 Å². The van der Waals surface area contributed by atoms with E-state index in [9.17, 15) is 5.11 Å². The maximum Gasteiger partial charge on any atom is 0.119 e. The summed E-state index contributed by atoms with van der Waals surface area (Å²) in [5, 5.41) is 9.47. The Labute approximate surface area is 84.5 Å². The first-order chi connectivity index (χ1) is 6.79. The fourth-order valence-electron chi connectivity index (χ4n) is 1.43. The van der Waals surface area contributed by atoms with E-state index in [2.05, 4.69) is 0 Å². The van der Waals surface area contributed by atoms with Crippen LogP contribution < -0.4 is 4.74 Å². The average molecular weight is 192 g/mol. The Balaban J connectivity index is 2.01. The van der Waals surface area contributed by atoms with E-state index in [0.29, 0.717) is 5.75 Å². The predicted octanol–water partition coefficient (Wildman–Crippen LogP) is 2.74. The van der Waals surface area contributed by atoms with Gasteiger partial charge >= 0.3 is 0 Å². The topological polar surface area (TPSA) is 29.5 Å². The van der Waals surface area contributed by atoms with Gasteiger partial charge in [0.1, 0.15) is 11.5 Å². The summed E-state index contributed by atoms with van der Waals surface area (Å²) in [5.41, 5.74) is 0.957. The summed E-state index contributed by atoms with van der Waals surface area (Å²) >= 11 is 0. The van der Waals surface area contributed by atoms with Crippen LogP contribution >= 0.6 is 0 Å². The van der Waals surface area contributed by atoms with Crippen molar-refractivity contribution in [3.8, 4) is 11.5 Å². The minimum absolute atomic E-state index is 0.367. The van der Waals surface area contributed by atoms with Gasteiger partial charge in [0.05, 0.1) is 6.61 Å². The smallest absolute Gasteiger partial charge is 0.119 e. The van der Waals surface area contributed by atoms with Crippen LogP contribution in [0.4, 0.5) is 0 Å². The van der Waals surface area contributed by atoms with Gasteiger partial charge in [-0.25, -0.2) is 0 Å². The van der Waals surface area contributed by atoms with Gasteiger partial charge in [0, 0.05) is 0 Å². The van der Waals surface area contributed by atoms with Crippen LogP contribution in [0.25, 0.3) is 0 Å². The summed E-state index contributed by atoms with van der Waals surface area (Å²) in [6.07, 6.45) is 3.45. The Morgan fingerprint density at radius 3 is 2.86 bits per heavy atom. The lowest BCUT2D eigenvalue weighted by Gasteiger charge is -2.07. The number of benzene rings is 1. The molecule has 0 saturated heterocycles. The second-order valence-electron chi connectivity index (χ2n) is 3.90. The molecular weight excluding hydrogens is 176 g/mol. The summed E-state index contributed by atoms with van der Waals surface area (Å²) in [5.74, 6) is 2.02. The van der Waals surface area contributed by atoms with Crippen molar-refractivity contribution in [1.29, 1.82) is 0 Å². The fraction of sp³-hybridized carbons (Fsp3) is 0.500. The van der Waals surface area contributed by atoms with Gasteiger partial charge in [0.2, 0.25) is 0 Å². The molecule has 0 amide bonds. The highest BCUT2D eigenvalue weighted by molar-refractivity contribution is 5.39. The van der Waals surface area contributed by atoms with E-state index in [4.69, 9.17) is 4.74 Å².